The van der Waals surface area contributed by atoms with Gasteiger partial charge in [-0.15, -0.1) is 0 Å². The van der Waals surface area contributed by atoms with Crippen LogP contribution in [0.4, 0.5) is 5.95 Å². The predicted octanol–water partition coefficient (Wildman–Crippen LogP) is 0.681. The van der Waals surface area contributed by atoms with Gasteiger partial charge in [-0.2, -0.15) is 0 Å². The zero-order valence-electron chi connectivity index (χ0n) is 6.70. The summed E-state index contributed by atoms with van der Waals surface area (Å²) in [5, 5.41) is 9.47. The molecule has 0 bridgehead atoms. The van der Waals surface area contributed by atoms with Crippen LogP contribution in [0.25, 0.3) is 0 Å². The molecule has 0 amide bonds. The highest BCUT2D eigenvalue weighted by atomic mass is 16.3. The highest BCUT2D eigenvalue weighted by Crippen LogP contribution is 2.19. The van der Waals surface area contributed by atoms with Gasteiger partial charge in [0.25, 0.3) is 0 Å². The number of nitrogens with two attached hydrogens (primary N) is 1. The normalized spacial score (nSPS) is 13.8. The summed E-state index contributed by atoms with van der Waals surface area (Å²) in [6.07, 6.45) is 1.10. The van der Waals surface area contributed by atoms with Gasteiger partial charge in [0.15, 0.2) is 5.95 Å². The first-order valence-electron chi connectivity index (χ1n) is 3.60. The summed E-state index contributed by atoms with van der Waals surface area (Å²) < 4.78 is 0. The SMILES string of the molecule is CC(C)C(O)c1c[nH]c(N)n1. The van der Waals surface area contributed by atoms with Crippen molar-refractivity contribution >= 4 is 5.95 Å². The van der Waals surface area contributed by atoms with Crippen LogP contribution in [0, 0.1) is 5.92 Å². The van der Waals surface area contributed by atoms with Crippen molar-refractivity contribution in [1.29, 1.82) is 0 Å². The molecule has 0 saturated carbocycles. The van der Waals surface area contributed by atoms with Crippen molar-refractivity contribution in [3.63, 3.8) is 0 Å². The van der Waals surface area contributed by atoms with Crippen LogP contribution in [0.5, 0.6) is 0 Å². The number of aromatic nitrogens is 2. The van der Waals surface area contributed by atoms with Crippen molar-refractivity contribution in [1.82, 2.24) is 9.97 Å². The molecule has 4 nitrogen and oxygen atoms in total. The third-order valence-corrected chi connectivity index (χ3v) is 1.55. The van der Waals surface area contributed by atoms with E-state index >= 15 is 0 Å². The lowest BCUT2D eigenvalue weighted by Crippen LogP contribution is -2.05. The fourth-order valence-electron chi connectivity index (χ4n) is 0.845. The molecule has 4 heteroatoms. The van der Waals surface area contributed by atoms with Gasteiger partial charge in [-0.25, -0.2) is 4.98 Å². The van der Waals surface area contributed by atoms with Crippen molar-refractivity contribution < 1.29 is 5.11 Å². The number of imidazole rings is 1. The van der Waals surface area contributed by atoms with Crippen LogP contribution < -0.4 is 5.73 Å². The van der Waals surface area contributed by atoms with Gasteiger partial charge < -0.3 is 15.8 Å². The van der Waals surface area contributed by atoms with E-state index in [2.05, 4.69) is 9.97 Å². The van der Waals surface area contributed by atoms with Gasteiger partial charge in [0, 0.05) is 6.20 Å². The molecule has 1 heterocycles. The molecule has 0 aliphatic carbocycles. The molecule has 62 valence electrons. The number of aliphatic hydroxyl groups excluding tert-OH is 1. The van der Waals surface area contributed by atoms with E-state index in [0.717, 1.165) is 0 Å². The molecule has 0 aliphatic heterocycles. The van der Waals surface area contributed by atoms with Gasteiger partial charge in [0.2, 0.25) is 0 Å². The highest BCUT2D eigenvalue weighted by Gasteiger charge is 2.14. The molecule has 0 aliphatic rings. The van der Waals surface area contributed by atoms with Crippen molar-refractivity contribution in [3.05, 3.63) is 11.9 Å². The van der Waals surface area contributed by atoms with Crippen molar-refractivity contribution in [2.75, 3.05) is 5.73 Å². The highest BCUT2D eigenvalue weighted by molar-refractivity contribution is 5.19. The second-order valence-corrected chi connectivity index (χ2v) is 2.90. The fraction of sp³-hybridized carbons (Fsp3) is 0.571. The first kappa shape index (κ1) is 8.07. The van der Waals surface area contributed by atoms with Crippen LogP contribution >= 0.6 is 0 Å². The monoisotopic (exact) mass is 155 g/mol. The molecule has 1 atom stereocenters. The van der Waals surface area contributed by atoms with Gasteiger partial charge in [0.1, 0.15) is 0 Å². The molecule has 0 radical (unpaired) electrons. The lowest BCUT2D eigenvalue weighted by atomic mass is 10.1. The van der Waals surface area contributed by atoms with Crippen LogP contribution in [-0.2, 0) is 0 Å². The second-order valence-electron chi connectivity index (χ2n) is 2.90. The van der Waals surface area contributed by atoms with Gasteiger partial charge in [-0.05, 0) is 5.92 Å². The van der Waals surface area contributed by atoms with Gasteiger partial charge >= 0.3 is 0 Å². The van der Waals surface area contributed by atoms with Crippen LogP contribution in [0.1, 0.15) is 25.6 Å². The molecule has 1 aromatic rings. The number of rotatable bonds is 2. The Hall–Kier alpha value is -1.03. The minimum atomic E-state index is -0.524. The van der Waals surface area contributed by atoms with Gasteiger partial charge in [-0.3, -0.25) is 0 Å². The first-order valence-corrected chi connectivity index (χ1v) is 3.60. The summed E-state index contributed by atoms with van der Waals surface area (Å²) in [6.45, 7) is 3.85. The number of aliphatic hydroxyl groups is 1. The number of nitrogen functional groups attached to an aromatic ring is 1. The maximum absolute atomic E-state index is 9.47. The van der Waals surface area contributed by atoms with E-state index in [4.69, 9.17) is 5.73 Å². The average molecular weight is 155 g/mol. The second kappa shape index (κ2) is 2.92. The van der Waals surface area contributed by atoms with Crippen molar-refractivity contribution in [2.24, 2.45) is 5.92 Å². The minimum absolute atomic E-state index is 0.165. The Kier molecular flexibility index (Phi) is 2.14. The predicted molar refractivity (Wildman–Crippen MR) is 42.8 cm³/mol. The smallest absolute Gasteiger partial charge is 0.197 e. The van der Waals surface area contributed by atoms with E-state index < -0.39 is 6.10 Å². The third kappa shape index (κ3) is 1.71. The number of H-pyrrole nitrogens is 1. The minimum Gasteiger partial charge on any atom is -0.386 e. The number of hydrogen-bond acceptors (Lipinski definition) is 3. The Balaban J connectivity index is 2.76. The zero-order chi connectivity index (χ0) is 8.43. The maximum atomic E-state index is 9.47. The summed E-state index contributed by atoms with van der Waals surface area (Å²) in [6, 6.07) is 0. The molecule has 4 N–H and O–H groups in total. The molecule has 0 fully saturated rings. The molecule has 0 saturated heterocycles. The largest absolute Gasteiger partial charge is 0.386 e. The summed E-state index contributed by atoms with van der Waals surface area (Å²) in [5.74, 6) is 0.511. The van der Waals surface area contributed by atoms with E-state index in [0.29, 0.717) is 11.6 Å². The maximum Gasteiger partial charge on any atom is 0.197 e. The Morgan fingerprint density at radius 1 is 1.64 bits per heavy atom. The molecule has 1 unspecified atom stereocenters. The Morgan fingerprint density at radius 3 is 2.64 bits per heavy atom. The molecular formula is C7H13N3O. The fourth-order valence-corrected chi connectivity index (χ4v) is 0.845. The summed E-state index contributed by atoms with van der Waals surface area (Å²) in [7, 11) is 0. The molecule has 1 rings (SSSR count). The number of aromatic amines is 1. The van der Waals surface area contributed by atoms with E-state index in [-0.39, 0.29) is 5.92 Å². The Bertz CT molecular complexity index is 231. The molecule has 1 aromatic heterocycles. The summed E-state index contributed by atoms with van der Waals surface area (Å²) in [5.41, 5.74) is 5.95. The standard InChI is InChI=1S/C7H13N3O/c1-4(2)6(11)5-3-9-7(8)10-5/h3-4,6,11H,1-2H3,(H3,8,9,10). The summed E-state index contributed by atoms with van der Waals surface area (Å²) >= 11 is 0. The molecule has 0 aromatic carbocycles. The number of hydrogen-bond donors (Lipinski definition) is 3. The third-order valence-electron chi connectivity index (χ3n) is 1.55. The van der Waals surface area contributed by atoms with Gasteiger partial charge in [-0.1, -0.05) is 13.8 Å². The number of nitrogens with zero attached hydrogens (tertiary/aromatic N) is 1. The molecular weight excluding hydrogens is 142 g/mol. The summed E-state index contributed by atoms with van der Waals surface area (Å²) in [4.78, 5) is 6.62. The Morgan fingerprint density at radius 2 is 2.27 bits per heavy atom. The topological polar surface area (TPSA) is 74.9 Å². The van der Waals surface area contributed by atoms with Crippen molar-refractivity contribution in [2.45, 2.75) is 20.0 Å². The van der Waals surface area contributed by atoms with Crippen LogP contribution in [0.3, 0.4) is 0 Å². The van der Waals surface area contributed by atoms with E-state index in [9.17, 15) is 5.11 Å². The lowest BCUT2D eigenvalue weighted by Gasteiger charge is -2.10. The first-order chi connectivity index (χ1) is 5.11. The van der Waals surface area contributed by atoms with Crippen LogP contribution in [-0.4, -0.2) is 15.1 Å². The van der Waals surface area contributed by atoms with E-state index in [1.54, 1.807) is 6.20 Å². The zero-order valence-corrected chi connectivity index (χ0v) is 6.70. The molecule has 11 heavy (non-hydrogen) atoms. The lowest BCUT2D eigenvalue weighted by molar-refractivity contribution is 0.123. The quantitative estimate of drug-likeness (QED) is 0.588. The average Bonchev–Trinajstić information content (AvgIpc) is 2.34. The van der Waals surface area contributed by atoms with Crippen LogP contribution in [0.2, 0.25) is 0 Å². The van der Waals surface area contributed by atoms with E-state index in [1.807, 2.05) is 13.8 Å². The number of nitrogens with one attached hydrogen (secondary N) is 1. The van der Waals surface area contributed by atoms with Gasteiger partial charge in [0.05, 0.1) is 11.8 Å². The number of anilines is 1. The van der Waals surface area contributed by atoms with Crippen LogP contribution in [0.15, 0.2) is 6.20 Å². The Labute approximate surface area is 65.5 Å². The molecule has 0 spiro atoms. The van der Waals surface area contributed by atoms with Crippen molar-refractivity contribution in [3.8, 4) is 0 Å². The van der Waals surface area contributed by atoms with E-state index in [1.165, 1.54) is 0 Å².